The second kappa shape index (κ2) is 6.10. The second-order valence-corrected chi connectivity index (χ2v) is 3.26. The summed E-state index contributed by atoms with van der Waals surface area (Å²) in [6, 6.07) is -0.312. The third kappa shape index (κ3) is 3.30. The highest BCUT2D eigenvalue weighted by Gasteiger charge is 2.33. The van der Waals surface area contributed by atoms with Crippen LogP contribution in [0.15, 0.2) is 5.16 Å². The number of nitrogens with zero attached hydrogens (tertiary/aromatic N) is 1. The number of amides is 2. The van der Waals surface area contributed by atoms with Gasteiger partial charge in [0.05, 0.1) is 0 Å². The molecular formula is C9H20N4O2. The van der Waals surface area contributed by atoms with Gasteiger partial charge in [-0.15, -0.1) is 0 Å². The number of nitrogens with two attached hydrogens (primary N) is 1. The van der Waals surface area contributed by atoms with E-state index in [1.54, 1.807) is 0 Å². The minimum absolute atomic E-state index is 0.0266. The highest BCUT2D eigenvalue weighted by Crippen LogP contribution is 2.15. The largest absolute Gasteiger partial charge is 0.409 e. The first kappa shape index (κ1) is 13.5. The first-order valence-corrected chi connectivity index (χ1v) is 5.10. The normalized spacial score (nSPS) is 12.3. The van der Waals surface area contributed by atoms with Crippen molar-refractivity contribution in [2.75, 3.05) is 6.54 Å². The van der Waals surface area contributed by atoms with Crippen molar-refractivity contribution in [2.45, 2.75) is 39.2 Å². The molecule has 0 atom stereocenters. The molecule has 15 heavy (non-hydrogen) atoms. The summed E-state index contributed by atoms with van der Waals surface area (Å²) in [7, 11) is 0. The Kier molecular flexibility index (Phi) is 5.51. The molecule has 0 aliphatic carbocycles. The summed E-state index contributed by atoms with van der Waals surface area (Å²) in [6.07, 6.45) is 1.13. The zero-order valence-electron chi connectivity index (χ0n) is 9.50. The molecule has 0 saturated heterocycles. The fourth-order valence-electron chi connectivity index (χ4n) is 1.37. The lowest BCUT2D eigenvalue weighted by Crippen LogP contribution is -2.59. The highest BCUT2D eigenvalue weighted by atomic mass is 16.4. The summed E-state index contributed by atoms with van der Waals surface area (Å²) in [6.45, 7) is 6.09. The molecule has 0 bridgehead atoms. The molecule has 0 aromatic rings. The third-order valence-electron chi connectivity index (χ3n) is 2.50. The van der Waals surface area contributed by atoms with Crippen LogP contribution in [0.25, 0.3) is 0 Å². The summed E-state index contributed by atoms with van der Waals surface area (Å²) in [5.74, 6) is 0.0266. The number of oxime groups is 1. The van der Waals surface area contributed by atoms with Crippen molar-refractivity contribution in [1.82, 2.24) is 10.6 Å². The van der Waals surface area contributed by atoms with Gasteiger partial charge in [-0.2, -0.15) is 0 Å². The smallest absolute Gasteiger partial charge is 0.315 e. The number of amidine groups is 1. The summed E-state index contributed by atoms with van der Waals surface area (Å²) in [5.41, 5.74) is 4.81. The van der Waals surface area contributed by atoms with Crippen molar-refractivity contribution >= 4 is 11.9 Å². The van der Waals surface area contributed by atoms with E-state index >= 15 is 0 Å². The Labute approximate surface area is 89.9 Å². The molecule has 2 amide bonds. The van der Waals surface area contributed by atoms with Crippen LogP contribution in [-0.2, 0) is 0 Å². The van der Waals surface area contributed by atoms with Gasteiger partial charge >= 0.3 is 6.03 Å². The van der Waals surface area contributed by atoms with E-state index in [1.807, 2.05) is 20.8 Å². The average molecular weight is 216 g/mol. The van der Waals surface area contributed by atoms with Gasteiger partial charge in [0.25, 0.3) is 0 Å². The molecule has 0 radical (unpaired) electrons. The summed E-state index contributed by atoms with van der Waals surface area (Å²) < 4.78 is 0. The van der Waals surface area contributed by atoms with Crippen molar-refractivity contribution in [1.29, 1.82) is 0 Å². The Balaban J connectivity index is 4.72. The number of rotatable bonds is 5. The molecule has 0 heterocycles. The molecule has 88 valence electrons. The standard InChI is InChI=1S/C9H20N4O2/c1-4-9(5-2,7(10)13-15)12-8(14)11-6-3/h15H,4-6H2,1-3H3,(H2,10,13)(H2,11,12,14). The molecule has 0 saturated carbocycles. The Morgan fingerprint density at radius 1 is 1.40 bits per heavy atom. The first-order valence-electron chi connectivity index (χ1n) is 5.10. The predicted molar refractivity (Wildman–Crippen MR) is 58.9 cm³/mol. The Bertz CT molecular complexity index is 236. The third-order valence-corrected chi connectivity index (χ3v) is 2.50. The fourth-order valence-corrected chi connectivity index (χ4v) is 1.37. The molecule has 0 unspecified atom stereocenters. The maximum atomic E-state index is 11.4. The van der Waals surface area contributed by atoms with Gasteiger partial charge in [-0.05, 0) is 19.8 Å². The van der Waals surface area contributed by atoms with Crippen molar-refractivity contribution < 1.29 is 10.0 Å². The predicted octanol–water partition coefficient (Wildman–Crippen LogP) is 0.611. The monoisotopic (exact) mass is 216 g/mol. The lowest BCUT2D eigenvalue weighted by Gasteiger charge is -2.31. The van der Waals surface area contributed by atoms with Crippen molar-refractivity contribution in [3.8, 4) is 0 Å². The van der Waals surface area contributed by atoms with E-state index in [1.165, 1.54) is 0 Å². The van der Waals surface area contributed by atoms with Gasteiger partial charge in [0.15, 0.2) is 5.84 Å². The van der Waals surface area contributed by atoms with Gasteiger partial charge in [-0.1, -0.05) is 19.0 Å². The highest BCUT2D eigenvalue weighted by molar-refractivity contribution is 5.93. The molecule has 6 nitrogen and oxygen atoms in total. The number of carbonyl (C=O) groups excluding carboxylic acids is 1. The van der Waals surface area contributed by atoms with Crippen molar-refractivity contribution in [3.05, 3.63) is 0 Å². The number of carbonyl (C=O) groups is 1. The lowest BCUT2D eigenvalue weighted by molar-refractivity contribution is 0.230. The van der Waals surface area contributed by atoms with Crippen LogP contribution in [0.3, 0.4) is 0 Å². The van der Waals surface area contributed by atoms with Crippen LogP contribution >= 0.6 is 0 Å². The first-order chi connectivity index (χ1) is 7.06. The van der Waals surface area contributed by atoms with Gasteiger partial charge in [0, 0.05) is 6.54 Å². The lowest BCUT2D eigenvalue weighted by atomic mass is 9.91. The van der Waals surface area contributed by atoms with E-state index < -0.39 is 5.54 Å². The Morgan fingerprint density at radius 2 is 1.93 bits per heavy atom. The number of hydrogen-bond acceptors (Lipinski definition) is 3. The van der Waals surface area contributed by atoms with Crippen LogP contribution in [0, 0.1) is 0 Å². The molecule has 6 heteroatoms. The average Bonchev–Trinajstić information content (AvgIpc) is 2.25. The van der Waals surface area contributed by atoms with E-state index in [9.17, 15) is 4.79 Å². The molecule has 0 spiro atoms. The van der Waals surface area contributed by atoms with Crippen LogP contribution in [0.5, 0.6) is 0 Å². The van der Waals surface area contributed by atoms with Gasteiger partial charge < -0.3 is 21.6 Å². The van der Waals surface area contributed by atoms with Gasteiger partial charge in [0.1, 0.15) is 5.54 Å². The van der Waals surface area contributed by atoms with E-state index in [2.05, 4.69) is 15.8 Å². The van der Waals surface area contributed by atoms with Gasteiger partial charge in [0.2, 0.25) is 0 Å². The zero-order valence-corrected chi connectivity index (χ0v) is 9.50. The van der Waals surface area contributed by atoms with E-state index in [0.29, 0.717) is 19.4 Å². The maximum absolute atomic E-state index is 11.4. The molecule has 0 aliphatic heterocycles. The van der Waals surface area contributed by atoms with E-state index in [4.69, 9.17) is 10.9 Å². The number of nitrogens with one attached hydrogen (secondary N) is 2. The van der Waals surface area contributed by atoms with Gasteiger partial charge in [-0.3, -0.25) is 0 Å². The van der Waals surface area contributed by atoms with Gasteiger partial charge in [-0.25, -0.2) is 4.79 Å². The Morgan fingerprint density at radius 3 is 2.27 bits per heavy atom. The molecule has 0 rings (SSSR count). The number of hydrogen-bond donors (Lipinski definition) is 4. The summed E-state index contributed by atoms with van der Waals surface area (Å²) in [5, 5.41) is 17.0. The van der Waals surface area contributed by atoms with E-state index in [0.717, 1.165) is 0 Å². The second-order valence-electron chi connectivity index (χ2n) is 3.26. The van der Waals surface area contributed by atoms with E-state index in [-0.39, 0.29) is 11.9 Å². The molecule has 5 N–H and O–H groups in total. The quantitative estimate of drug-likeness (QED) is 0.234. The minimum Gasteiger partial charge on any atom is -0.409 e. The summed E-state index contributed by atoms with van der Waals surface area (Å²) >= 11 is 0. The molecule has 0 fully saturated rings. The SMILES string of the molecule is CCNC(=O)NC(CC)(CC)/C(N)=N/O. The molecule has 0 aromatic carbocycles. The van der Waals surface area contributed by atoms with Crippen LogP contribution in [-0.4, -0.2) is 29.2 Å². The number of urea groups is 1. The minimum atomic E-state index is -0.770. The van der Waals surface area contributed by atoms with Crippen molar-refractivity contribution in [3.63, 3.8) is 0 Å². The fraction of sp³-hybridized carbons (Fsp3) is 0.778. The molecule has 0 aliphatic rings. The van der Waals surface area contributed by atoms with Crippen molar-refractivity contribution in [2.24, 2.45) is 10.9 Å². The zero-order chi connectivity index (χ0) is 11.9. The topological polar surface area (TPSA) is 99.7 Å². The van der Waals surface area contributed by atoms with Crippen LogP contribution in [0.2, 0.25) is 0 Å². The molecular weight excluding hydrogens is 196 g/mol. The molecule has 0 aromatic heterocycles. The van der Waals surface area contributed by atoms with Crippen LogP contribution in [0.1, 0.15) is 33.6 Å². The summed E-state index contributed by atoms with van der Waals surface area (Å²) in [4.78, 5) is 11.4. The maximum Gasteiger partial charge on any atom is 0.315 e. The van der Waals surface area contributed by atoms with Crippen LogP contribution in [0.4, 0.5) is 4.79 Å². The van der Waals surface area contributed by atoms with Crippen LogP contribution < -0.4 is 16.4 Å². The Hall–Kier alpha value is -1.46.